The third kappa shape index (κ3) is 5.06. The van der Waals surface area contributed by atoms with Crippen molar-refractivity contribution < 1.29 is 4.79 Å². The van der Waals surface area contributed by atoms with Gasteiger partial charge in [0.05, 0.1) is 6.04 Å². The molecule has 0 bridgehead atoms. The quantitative estimate of drug-likeness (QED) is 0.752. The summed E-state index contributed by atoms with van der Waals surface area (Å²) in [7, 11) is 0. The molecule has 1 saturated heterocycles. The lowest BCUT2D eigenvalue weighted by Gasteiger charge is -2.36. The molecular weight excluding hydrogens is 250 g/mol. The summed E-state index contributed by atoms with van der Waals surface area (Å²) in [6.45, 7) is 14.7. The van der Waals surface area contributed by atoms with Crippen LogP contribution in [-0.4, -0.2) is 47.6 Å². The SMILES string of the molecule is CCC(C)(C)NC(=O)C(C)N(CC1CCCN1)C(C)C. The van der Waals surface area contributed by atoms with Crippen LogP contribution in [0.3, 0.4) is 0 Å². The minimum atomic E-state index is -0.125. The summed E-state index contributed by atoms with van der Waals surface area (Å²) in [6.07, 6.45) is 3.41. The number of carbonyl (C=O) groups is 1. The van der Waals surface area contributed by atoms with Crippen LogP contribution in [0.1, 0.15) is 60.8 Å². The molecule has 1 aliphatic rings. The van der Waals surface area contributed by atoms with E-state index in [4.69, 9.17) is 0 Å². The van der Waals surface area contributed by atoms with E-state index in [9.17, 15) is 4.79 Å². The summed E-state index contributed by atoms with van der Waals surface area (Å²) in [5, 5.41) is 6.69. The Morgan fingerprint density at radius 2 is 2.05 bits per heavy atom. The standard InChI is InChI=1S/C16H33N3O/c1-7-16(5,6)18-15(20)13(4)19(12(2)3)11-14-9-8-10-17-14/h12-14,17H,7-11H2,1-6H3,(H,18,20). The van der Waals surface area contributed by atoms with Crippen molar-refractivity contribution in [1.29, 1.82) is 0 Å². The Hall–Kier alpha value is -0.610. The number of hydrogen-bond acceptors (Lipinski definition) is 3. The second kappa shape index (κ2) is 7.41. The highest BCUT2D eigenvalue weighted by Gasteiger charge is 2.29. The fraction of sp³-hybridized carbons (Fsp3) is 0.938. The average molecular weight is 283 g/mol. The van der Waals surface area contributed by atoms with E-state index >= 15 is 0 Å². The van der Waals surface area contributed by atoms with Gasteiger partial charge in [0.25, 0.3) is 0 Å². The van der Waals surface area contributed by atoms with Crippen molar-refractivity contribution >= 4 is 5.91 Å². The van der Waals surface area contributed by atoms with Crippen LogP contribution in [0.25, 0.3) is 0 Å². The second-order valence-corrected chi connectivity index (χ2v) is 6.99. The fourth-order valence-corrected chi connectivity index (χ4v) is 2.66. The summed E-state index contributed by atoms with van der Waals surface area (Å²) < 4.78 is 0. The highest BCUT2D eigenvalue weighted by molar-refractivity contribution is 5.82. The molecule has 1 rings (SSSR count). The predicted octanol–water partition coefficient (Wildman–Crippen LogP) is 2.14. The van der Waals surface area contributed by atoms with E-state index in [1.165, 1.54) is 12.8 Å². The molecule has 2 atom stereocenters. The van der Waals surface area contributed by atoms with E-state index in [1.807, 2.05) is 6.92 Å². The Morgan fingerprint density at radius 1 is 1.40 bits per heavy atom. The molecular formula is C16H33N3O. The second-order valence-electron chi connectivity index (χ2n) is 6.99. The number of rotatable bonds is 7. The molecule has 0 aromatic rings. The van der Waals surface area contributed by atoms with Crippen LogP contribution in [0.4, 0.5) is 0 Å². The maximum Gasteiger partial charge on any atom is 0.237 e. The van der Waals surface area contributed by atoms with E-state index in [0.717, 1.165) is 19.5 Å². The van der Waals surface area contributed by atoms with E-state index in [2.05, 4.69) is 50.2 Å². The van der Waals surface area contributed by atoms with Crippen molar-refractivity contribution in [2.24, 2.45) is 0 Å². The molecule has 1 fully saturated rings. The van der Waals surface area contributed by atoms with Gasteiger partial charge in [0.15, 0.2) is 0 Å². The highest BCUT2D eigenvalue weighted by Crippen LogP contribution is 2.14. The summed E-state index contributed by atoms with van der Waals surface area (Å²) >= 11 is 0. The first-order chi connectivity index (χ1) is 9.26. The lowest BCUT2D eigenvalue weighted by atomic mass is 10.0. The zero-order chi connectivity index (χ0) is 15.3. The topological polar surface area (TPSA) is 44.4 Å². The van der Waals surface area contributed by atoms with E-state index in [-0.39, 0.29) is 17.5 Å². The molecule has 0 aromatic carbocycles. The lowest BCUT2D eigenvalue weighted by Crippen LogP contribution is -2.55. The molecule has 1 amide bonds. The third-order valence-electron chi connectivity index (χ3n) is 4.48. The van der Waals surface area contributed by atoms with Gasteiger partial charge in [-0.2, -0.15) is 0 Å². The van der Waals surface area contributed by atoms with Crippen LogP contribution < -0.4 is 10.6 Å². The smallest absolute Gasteiger partial charge is 0.237 e. The fourth-order valence-electron chi connectivity index (χ4n) is 2.66. The molecule has 0 aliphatic carbocycles. The molecule has 2 N–H and O–H groups in total. The Bertz CT molecular complexity index is 309. The molecule has 0 aromatic heterocycles. The maximum atomic E-state index is 12.5. The number of hydrogen-bond donors (Lipinski definition) is 2. The summed E-state index contributed by atoms with van der Waals surface area (Å²) in [5.74, 6) is 0.142. The molecule has 20 heavy (non-hydrogen) atoms. The van der Waals surface area contributed by atoms with Gasteiger partial charge in [-0.25, -0.2) is 0 Å². The van der Waals surface area contributed by atoms with Gasteiger partial charge in [-0.1, -0.05) is 6.92 Å². The monoisotopic (exact) mass is 283 g/mol. The molecule has 0 saturated carbocycles. The van der Waals surface area contributed by atoms with Crippen molar-refractivity contribution in [2.45, 2.75) is 84.5 Å². The molecule has 4 heteroatoms. The largest absolute Gasteiger partial charge is 0.350 e. The zero-order valence-electron chi connectivity index (χ0n) is 14.1. The minimum absolute atomic E-state index is 0.0803. The molecule has 118 valence electrons. The van der Waals surface area contributed by atoms with Gasteiger partial charge in [-0.05, 0) is 60.4 Å². The van der Waals surface area contributed by atoms with Crippen molar-refractivity contribution in [2.75, 3.05) is 13.1 Å². The van der Waals surface area contributed by atoms with Gasteiger partial charge in [0.2, 0.25) is 5.91 Å². The lowest BCUT2D eigenvalue weighted by molar-refractivity contribution is -0.128. The van der Waals surface area contributed by atoms with Gasteiger partial charge in [-0.15, -0.1) is 0 Å². The number of carbonyl (C=O) groups excluding carboxylic acids is 1. The summed E-state index contributed by atoms with van der Waals surface area (Å²) in [4.78, 5) is 14.8. The first-order valence-electron chi connectivity index (χ1n) is 8.08. The van der Waals surface area contributed by atoms with Gasteiger partial charge >= 0.3 is 0 Å². The molecule has 2 unspecified atom stereocenters. The van der Waals surface area contributed by atoms with Gasteiger partial charge in [-0.3, -0.25) is 9.69 Å². The van der Waals surface area contributed by atoms with Crippen molar-refractivity contribution in [1.82, 2.24) is 15.5 Å². The van der Waals surface area contributed by atoms with Crippen molar-refractivity contribution in [3.8, 4) is 0 Å². The highest BCUT2D eigenvalue weighted by atomic mass is 16.2. The summed E-state index contributed by atoms with van der Waals surface area (Å²) in [6, 6.07) is 0.831. The average Bonchev–Trinajstić information content (AvgIpc) is 2.87. The summed E-state index contributed by atoms with van der Waals surface area (Å²) in [5.41, 5.74) is -0.125. The van der Waals surface area contributed by atoms with E-state index in [0.29, 0.717) is 12.1 Å². The van der Waals surface area contributed by atoms with Crippen LogP contribution >= 0.6 is 0 Å². The Morgan fingerprint density at radius 3 is 2.50 bits per heavy atom. The Balaban J connectivity index is 2.62. The van der Waals surface area contributed by atoms with E-state index in [1.54, 1.807) is 0 Å². The van der Waals surface area contributed by atoms with Crippen molar-refractivity contribution in [3.63, 3.8) is 0 Å². The van der Waals surface area contributed by atoms with Gasteiger partial charge in [0, 0.05) is 24.2 Å². The first-order valence-corrected chi connectivity index (χ1v) is 8.08. The van der Waals surface area contributed by atoms with Crippen LogP contribution in [0.5, 0.6) is 0 Å². The third-order valence-corrected chi connectivity index (χ3v) is 4.48. The van der Waals surface area contributed by atoms with Crippen LogP contribution in [0.15, 0.2) is 0 Å². The number of nitrogens with one attached hydrogen (secondary N) is 2. The van der Waals surface area contributed by atoms with Crippen LogP contribution in [-0.2, 0) is 4.79 Å². The minimum Gasteiger partial charge on any atom is -0.350 e. The molecule has 1 aliphatic heterocycles. The Labute approximate surface area is 124 Å². The molecule has 4 nitrogen and oxygen atoms in total. The number of nitrogens with zero attached hydrogens (tertiary/aromatic N) is 1. The Kier molecular flexibility index (Phi) is 6.46. The predicted molar refractivity (Wildman–Crippen MR) is 84.8 cm³/mol. The zero-order valence-corrected chi connectivity index (χ0v) is 14.1. The van der Waals surface area contributed by atoms with E-state index < -0.39 is 0 Å². The van der Waals surface area contributed by atoms with Crippen LogP contribution in [0.2, 0.25) is 0 Å². The normalized spacial score (nSPS) is 21.5. The first kappa shape index (κ1) is 17.4. The molecule has 1 heterocycles. The van der Waals surface area contributed by atoms with Crippen molar-refractivity contribution in [3.05, 3.63) is 0 Å². The number of amides is 1. The maximum absolute atomic E-state index is 12.5. The van der Waals surface area contributed by atoms with Gasteiger partial charge in [0.1, 0.15) is 0 Å². The molecule has 0 radical (unpaired) electrons. The molecule has 0 spiro atoms. The van der Waals surface area contributed by atoms with Gasteiger partial charge < -0.3 is 10.6 Å². The van der Waals surface area contributed by atoms with Crippen LogP contribution in [0, 0.1) is 0 Å².